The van der Waals surface area contributed by atoms with Crippen molar-refractivity contribution in [1.82, 2.24) is 24.1 Å². The number of ether oxygens (including phenoxy) is 1. The highest BCUT2D eigenvalue weighted by Gasteiger charge is 2.27. The van der Waals surface area contributed by atoms with E-state index in [1.54, 1.807) is 58.4 Å². The zero-order valence-corrected chi connectivity index (χ0v) is 19.7. The van der Waals surface area contributed by atoms with Crippen LogP contribution >= 0.6 is 0 Å². The monoisotopic (exact) mass is 480 g/mol. The number of benzene rings is 2. The largest absolute Gasteiger partial charge is 0.497 e. The van der Waals surface area contributed by atoms with Crippen molar-refractivity contribution in [3.63, 3.8) is 0 Å². The van der Waals surface area contributed by atoms with Crippen LogP contribution in [0.2, 0.25) is 0 Å². The average molecular weight is 481 g/mol. The van der Waals surface area contributed by atoms with E-state index >= 15 is 0 Å². The maximum absolute atomic E-state index is 13.1. The first-order valence-corrected chi connectivity index (χ1v) is 12.4. The summed E-state index contributed by atoms with van der Waals surface area (Å²) >= 11 is 0. The van der Waals surface area contributed by atoms with Crippen molar-refractivity contribution in [2.24, 2.45) is 7.05 Å². The van der Waals surface area contributed by atoms with Gasteiger partial charge in [0.25, 0.3) is 11.9 Å². The van der Waals surface area contributed by atoms with E-state index in [2.05, 4.69) is 20.5 Å². The Morgan fingerprint density at radius 3 is 2.47 bits per heavy atom. The first kappa shape index (κ1) is 22.2. The second-order valence-electron chi connectivity index (χ2n) is 8.19. The molecule has 0 aliphatic carbocycles. The zero-order valence-electron chi connectivity index (χ0n) is 18.9. The van der Waals surface area contributed by atoms with Gasteiger partial charge in [0, 0.05) is 31.1 Å². The Morgan fingerprint density at radius 2 is 1.76 bits per heavy atom. The predicted octanol–water partition coefficient (Wildman–Crippen LogP) is 2.95. The lowest BCUT2D eigenvalue weighted by Crippen LogP contribution is -2.35. The van der Waals surface area contributed by atoms with Gasteiger partial charge in [0.1, 0.15) is 11.3 Å². The molecule has 1 aliphatic heterocycles. The van der Waals surface area contributed by atoms with Gasteiger partial charge >= 0.3 is 0 Å². The average Bonchev–Trinajstić information content (AvgIpc) is 3.15. The standard InChI is InChI=1S/C23H24N6O4S/c1-28-19-11-10-17(34(31,32)29-12-4-3-5-13-29)14-18(19)20-21(28)24-23(27-26-20)25-22(30)15-6-8-16(33-2)9-7-15/h6-11,14H,3-5,12-13H2,1-2H3,(H,24,25,27,30). The molecule has 1 saturated heterocycles. The summed E-state index contributed by atoms with van der Waals surface area (Å²) in [5.74, 6) is 0.325. The number of aryl methyl sites for hydroxylation is 1. The Kier molecular flexibility index (Phi) is 5.66. The lowest BCUT2D eigenvalue weighted by atomic mass is 10.2. The first-order valence-electron chi connectivity index (χ1n) is 11.0. The van der Waals surface area contributed by atoms with Gasteiger partial charge in [-0.2, -0.15) is 9.29 Å². The molecule has 3 heterocycles. The minimum absolute atomic E-state index is 0.0559. The number of sulfonamides is 1. The summed E-state index contributed by atoms with van der Waals surface area (Å²) in [7, 11) is -0.215. The minimum Gasteiger partial charge on any atom is -0.497 e. The minimum atomic E-state index is -3.58. The maximum atomic E-state index is 13.1. The SMILES string of the molecule is COc1ccc(C(=O)Nc2nnc3c4cc(S(=O)(=O)N5CCCCC5)ccc4n(C)c3n2)cc1. The Hall–Kier alpha value is -3.57. The highest BCUT2D eigenvalue weighted by Crippen LogP contribution is 2.30. The lowest BCUT2D eigenvalue weighted by molar-refractivity contribution is 0.102. The molecule has 1 N–H and O–H groups in total. The van der Waals surface area contributed by atoms with E-state index in [9.17, 15) is 13.2 Å². The molecule has 0 bridgehead atoms. The fourth-order valence-electron chi connectivity index (χ4n) is 4.22. The fourth-order valence-corrected chi connectivity index (χ4v) is 5.76. The number of methoxy groups -OCH3 is 1. The molecule has 1 aliphatic rings. The van der Waals surface area contributed by atoms with Crippen molar-refractivity contribution in [3.05, 3.63) is 48.0 Å². The molecular formula is C23H24N6O4S. The Balaban J connectivity index is 1.48. The smallest absolute Gasteiger partial charge is 0.258 e. The predicted molar refractivity (Wildman–Crippen MR) is 127 cm³/mol. The van der Waals surface area contributed by atoms with Crippen molar-refractivity contribution in [2.75, 3.05) is 25.5 Å². The van der Waals surface area contributed by atoms with Gasteiger partial charge < -0.3 is 9.30 Å². The summed E-state index contributed by atoms with van der Waals surface area (Å²) in [6.07, 6.45) is 2.79. The molecule has 2 aromatic heterocycles. The number of aromatic nitrogens is 4. The number of hydrogen-bond acceptors (Lipinski definition) is 7. The van der Waals surface area contributed by atoms with Crippen molar-refractivity contribution in [2.45, 2.75) is 24.2 Å². The van der Waals surface area contributed by atoms with E-state index in [0.29, 0.717) is 41.0 Å². The third-order valence-corrected chi connectivity index (χ3v) is 8.00. The number of amides is 1. The third-order valence-electron chi connectivity index (χ3n) is 6.10. The van der Waals surface area contributed by atoms with Crippen LogP contribution < -0.4 is 10.1 Å². The van der Waals surface area contributed by atoms with E-state index in [0.717, 1.165) is 24.8 Å². The van der Waals surface area contributed by atoms with Crippen molar-refractivity contribution in [1.29, 1.82) is 0 Å². The number of carbonyl (C=O) groups excluding carboxylic acids is 1. The van der Waals surface area contributed by atoms with Gasteiger partial charge in [0.05, 0.1) is 17.5 Å². The Morgan fingerprint density at radius 1 is 1.03 bits per heavy atom. The highest BCUT2D eigenvalue weighted by molar-refractivity contribution is 7.89. The van der Waals surface area contributed by atoms with Crippen LogP contribution in [0.25, 0.3) is 22.1 Å². The number of nitrogens with one attached hydrogen (secondary N) is 1. The summed E-state index contributed by atoms with van der Waals surface area (Å²) in [5.41, 5.74) is 2.15. The number of hydrogen-bond donors (Lipinski definition) is 1. The summed E-state index contributed by atoms with van der Waals surface area (Å²) < 4.78 is 34.7. The van der Waals surface area contributed by atoms with Crippen molar-refractivity contribution < 1.29 is 17.9 Å². The molecule has 4 aromatic rings. The molecule has 11 heteroatoms. The van der Waals surface area contributed by atoms with E-state index in [-0.39, 0.29) is 16.8 Å². The topological polar surface area (TPSA) is 119 Å². The molecule has 0 spiro atoms. The molecule has 0 atom stereocenters. The molecule has 1 fully saturated rings. The molecule has 0 radical (unpaired) electrons. The van der Waals surface area contributed by atoms with Gasteiger partial charge in [0.15, 0.2) is 5.65 Å². The van der Waals surface area contributed by atoms with Crippen molar-refractivity contribution in [3.8, 4) is 5.75 Å². The summed E-state index contributed by atoms with van der Waals surface area (Å²) in [6, 6.07) is 11.7. The van der Waals surface area contributed by atoms with E-state index in [1.165, 1.54) is 0 Å². The molecule has 176 valence electrons. The summed E-state index contributed by atoms with van der Waals surface area (Å²) in [6.45, 7) is 1.07. The van der Waals surface area contributed by atoms with E-state index in [4.69, 9.17) is 4.74 Å². The molecule has 0 saturated carbocycles. The first-order chi connectivity index (χ1) is 16.4. The Labute approximate surface area is 196 Å². The number of anilines is 1. The lowest BCUT2D eigenvalue weighted by Gasteiger charge is -2.25. The Bertz CT molecular complexity index is 1490. The second kappa shape index (κ2) is 8.65. The van der Waals surface area contributed by atoms with Gasteiger partial charge in [-0.05, 0) is 55.3 Å². The summed E-state index contributed by atoms with van der Waals surface area (Å²) in [4.78, 5) is 17.3. The van der Waals surface area contributed by atoms with E-state index in [1.807, 2.05) is 7.05 Å². The van der Waals surface area contributed by atoms with Gasteiger partial charge in [-0.1, -0.05) is 6.42 Å². The fraction of sp³-hybridized carbons (Fsp3) is 0.304. The van der Waals surface area contributed by atoms with Gasteiger partial charge in [0.2, 0.25) is 10.0 Å². The van der Waals surface area contributed by atoms with Crippen LogP contribution in [-0.4, -0.2) is 58.6 Å². The van der Waals surface area contributed by atoms with Crippen LogP contribution in [0.15, 0.2) is 47.4 Å². The van der Waals surface area contributed by atoms with Gasteiger partial charge in [-0.3, -0.25) is 10.1 Å². The quantitative estimate of drug-likeness (QED) is 0.466. The molecular weight excluding hydrogens is 456 g/mol. The highest BCUT2D eigenvalue weighted by atomic mass is 32.2. The van der Waals surface area contributed by atoms with Crippen LogP contribution in [0.1, 0.15) is 29.6 Å². The van der Waals surface area contributed by atoms with Gasteiger partial charge in [-0.15, -0.1) is 10.2 Å². The zero-order chi connectivity index (χ0) is 23.9. The van der Waals surface area contributed by atoms with E-state index < -0.39 is 10.0 Å². The van der Waals surface area contributed by atoms with Crippen molar-refractivity contribution >= 4 is 43.9 Å². The number of nitrogens with zero attached hydrogens (tertiary/aromatic N) is 5. The molecule has 1 amide bonds. The third kappa shape index (κ3) is 3.86. The number of rotatable bonds is 5. The van der Waals surface area contributed by atoms with Crippen LogP contribution in [0.5, 0.6) is 5.75 Å². The summed E-state index contributed by atoms with van der Waals surface area (Å²) in [5, 5.41) is 11.6. The van der Waals surface area contributed by atoms with Crippen LogP contribution in [0.3, 0.4) is 0 Å². The number of carbonyl (C=O) groups is 1. The number of fused-ring (bicyclic) bond motifs is 3. The van der Waals surface area contributed by atoms with Crippen LogP contribution in [-0.2, 0) is 17.1 Å². The molecule has 10 nitrogen and oxygen atoms in total. The number of piperidine rings is 1. The molecule has 34 heavy (non-hydrogen) atoms. The molecule has 0 unspecified atom stereocenters. The normalized spacial score (nSPS) is 15.0. The second-order valence-corrected chi connectivity index (χ2v) is 10.1. The maximum Gasteiger partial charge on any atom is 0.258 e. The van der Waals surface area contributed by atoms with Crippen LogP contribution in [0.4, 0.5) is 5.95 Å². The van der Waals surface area contributed by atoms with Gasteiger partial charge in [-0.25, -0.2) is 8.42 Å². The van der Waals surface area contributed by atoms with Crippen LogP contribution in [0, 0.1) is 0 Å². The molecule has 5 rings (SSSR count). The molecule has 2 aromatic carbocycles.